The lowest BCUT2D eigenvalue weighted by Gasteiger charge is -2.47. The lowest BCUT2D eigenvalue weighted by Crippen LogP contribution is -2.54. The Kier molecular flexibility index (Phi) is 5.40. The van der Waals surface area contributed by atoms with Crippen LogP contribution in [0.1, 0.15) is 77.4 Å². The Labute approximate surface area is 205 Å². The SMILES string of the molecule is O=C(CCCN1C(=O)c2ccccc2N2C(=O)c3ccccc3C12)N1CCC2(O)CCCCC2C1. The molecule has 7 heteroatoms. The standard InChI is InChI=1S/C28H31N3O4/c32-24(29-17-15-28(35)14-6-5-8-19(28)18-29)13-7-16-30-25-20-9-1-2-10-21(20)27(34)31(25)23-12-4-3-11-22(23)26(30)33/h1-4,9-12,19,25,35H,5-8,13-18H2. The zero-order chi connectivity index (χ0) is 24.2. The highest BCUT2D eigenvalue weighted by molar-refractivity contribution is 6.16. The molecule has 182 valence electrons. The van der Waals surface area contributed by atoms with E-state index in [9.17, 15) is 19.5 Å². The van der Waals surface area contributed by atoms with Crippen LogP contribution in [0.4, 0.5) is 5.69 Å². The summed E-state index contributed by atoms with van der Waals surface area (Å²) in [7, 11) is 0. The van der Waals surface area contributed by atoms with Crippen LogP contribution in [0.25, 0.3) is 0 Å². The molecule has 3 aliphatic heterocycles. The number of para-hydroxylation sites is 1. The van der Waals surface area contributed by atoms with Crippen LogP contribution in [0.15, 0.2) is 48.5 Å². The molecule has 1 aliphatic carbocycles. The van der Waals surface area contributed by atoms with Crippen LogP contribution >= 0.6 is 0 Å². The van der Waals surface area contributed by atoms with Gasteiger partial charge in [0.05, 0.1) is 16.9 Å². The quantitative estimate of drug-likeness (QED) is 0.734. The van der Waals surface area contributed by atoms with E-state index < -0.39 is 11.8 Å². The van der Waals surface area contributed by atoms with Crippen LogP contribution < -0.4 is 4.90 Å². The van der Waals surface area contributed by atoms with Crippen molar-refractivity contribution in [3.8, 4) is 0 Å². The molecular weight excluding hydrogens is 442 g/mol. The summed E-state index contributed by atoms with van der Waals surface area (Å²) >= 11 is 0. The second kappa shape index (κ2) is 8.48. The average Bonchev–Trinajstić information content (AvgIpc) is 3.18. The second-order valence-corrected chi connectivity index (χ2v) is 10.4. The van der Waals surface area contributed by atoms with Crippen molar-refractivity contribution in [2.45, 2.75) is 56.7 Å². The highest BCUT2D eigenvalue weighted by Gasteiger charge is 2.47. The number of nitrogens with zero attached hydrogens (tertiary/aromatic N) is 3. The van der Waals surface area contributed by atoms with Crippen molar-refractivity contribution in [3.63, 3.8) is 0 Å². The molecule has 0 aromatic heterocycles. The number of piperidine rings is 1. The largest absolute Gasteiger partial charge is 0.389 e. The Bertz CT molecular complexity index is 1200. The van der Waals surface area contributed by atoms with Gasteiger partial charge in [0.15, 0.2) is 0 Å². The number of hydrogen-bond acceptors (Lipinski definition) is 4. The molecule has 3 unspecified atom stereocenters. The van der Waals surface area contributed by atoms with Crippen molar-refractivity contribution < 1.29 is 19.5 Å². The second-order valence-electron chi connectivity index (χ2n) is 10.4. The normalized spacial score (nSPS) is 27.3. The number of anilines is 1. The highest BCUT2D eigenvalue weighted by atomic mass is 16.3. The van der Waals surface area contributed by atoms with E-state index in [1.165, 1.54) is 0 Å². The summed E-state index contributed by atoms with van der Waals surface area (Å²) in [4.78, 5) is 45.2. The lowest BCUT2D eigenvalue weighted by molar-refractivity contribution is -0.143. The number of carbonyl (C=O) groups excluding carboxylic acids is 3. The number of hydrogen-bond donors (Lipinski definition) is 1. The van der Waals surface area contributed by atoms with Crippen molar-refractivity contribution in [3.05, 3.63) is 65.2 Å². The van der Waals surface area contributed by atoms with E-state index in [1.807, 2.05) is 47.4 Å². The fourth-order valence-corrected chi connectivity index (χ4v) is 6.56. The third-order valence-corrected chi connectivity index (χ3v) is 8.45. The minimum absolute atomic E-state index is 0.0854. The van der Waals surface area contributed by atoms with Crippen LogP contribution in [0, 0.1) is 5.92 Å². The molecule has 4 aliphatic rings. The lowest BCUT2D eigenvalue weighted by atomic mass is 9.71. The predicted molar refractivity (Wildman–Crippen MR) is 131 cm³/mol. The summed E-state index contributed by atoms with van der Waals surface area (Å²) in [6.07, 6.45) is 5.05. The van der Waals surface area contributed by atoms with E-state index in [0.717, 1.165) is 31.2 Å². The molecule has 2 aromatic rings. The summed E-state index contributed by atoms with van der Waals surface area (Å²) in [6.45, 7) is 1.62. The van der Waals surface area contributed by atoms with E-state index in [-0.39, 0.29) is 23.6 Å². The minimum Gasteiger partial charge on any atom is -0.389 e. The van der Waals surface area contributed by atoms with Gasteiger partial charge in [-0.25, -0.2) is 0 Å². The monoisotopic (exact) mass is 473 g/mol. The number of carbonyl (C=O) groups is 3. The first-order valence-corrected chi connectivity index (χ1v) is 12.8. The zero-order valence-corrected chi connectivity index (χ0v) is 19.9. The molecule has 3 atom stereocenters. The fourth-order valence-electron chi connectivity index (χ4n) is 6.56. The summed E-state index contributed by atoms with van der Waals surface area (Å²) in [6, 6.07) is 14.7. The first kappa shape index (κ1) is 22.3. The van der Waals surface area contributed by atoms with Crippen molar-refractivity contribution in [1.82, 2.24) is 9.80 Å². The van der Waals surface area contributed by atoms with Gasteiger partial charge in [0.25, 0.3) is 11.8 Å². The van der Waals surface area contributed by atoms with Gasteiger partial charge < -0.3 is 14.9 Å². The summed E-state index contributed by atoms with van der Waals surface area (Å²) in [5.41, 5.74) is 2.01. The Morgan fingerprint density at radius 3 is 2.60 bits per heavy atom. The minimum atomic E-state index is -0.603. The topological polar surface area (TPSA) is 81.2 Å². The zero-order valence-electron chi connectivity index (χ0n) is 19.9. The maximum Gasteiger partial charge on any atom is 0.260 e. The van der Waals surface area contributed by atoms with Gasteiger partial charge in [-0.1, -0.05) is 43.2 Å². The van der Waals surface area contributed by atoms with Gasteiger partial charge >= 0.3 is 0 Å². The van der Waals surface area contributed by atoms with Crippen LogP contribution in [0.5, 0.6) is 0 Å². The van der Waals surface area contributed by atoms with Crippen molar-refractivity contribution in [2.24, 2.45) is 5.92 Å². The van der Waals surface area contributed by atoms with E-state index in [0.29, 0.717) is 55.7 Å². The third-order valence-electron chi connectivity index (χ3n) is 8.45. The van der Waals surface area contributed by atoms with E-state index in [4.69, 9.17) is 0 Å². The van der Waals surface area contributed by atoms with Crippen molar-refractivity contribution in [2.75, 3.05) is 24.5 Å². The van der Waals surface area contributed by atoms with Gasteiger partial charge in [-0.15, -0.1) is 0 Å². The molecule has 35 heavy (non-hydrogen) atoms. The van der Waals surface area contributed by atoms with Gasteiger partial charge in [0.2, 0.25) is 5.91 Å². The van der Waals surface area contributed by atoms with Gasteiger partial charge in [-0.2, -0.15) is 0 Å². The fraction of sp³-hybridized carbons (Fsp3) is 0.464. The maximum absolute atomic E-state index is 13.5. The Morgan fingerprint density at radius 1 is 0.971 bits per heavy atom. The van der Waals surface area contributed by atoms with Crippen molar-refractivity contribution >= 4 is 23.4 Å². The summed E-state index contributed by atoms with van der Waals surface area (Å²) < 4.78 is 0. The molecule has 3 heterocycles. The van der Waals surface area contributed by atoms with Crippen LogP contribution in [-0.2, 0) is 4.79 Å². The van der Waals surface area contributed by atoms with E-state index in [1.54, 1.807) is 15.9 Å². The molecular formula is C28H31N3O4. The maximum atomic E-state index is 13.5. The molecule has 7 nitrogen and oxygen atoms in total. The first-order chi connectivity index (χ1) is 17.0. The molecule has 3 amide bonds. The first-order valence-electron chi connectivity index (χ1n) is 12.8. The molecule has 6 rings (SSSR count). The Hall–Kier alpha value is -3.19. The van der Waals surface area contributed by atoms with Gasteiger partial charge in [-0.3, -0.25) is 19.3 Å². The van der Waals surface area contributed by atoms with Crippen LogP contribution in [0.2, 0.25) is 0 Å². The molecule has 0 spiro atoms. The highest BCUT2D eigenvalue weighted by Crippen LogP contribution is 2.45. The molecule has 0 radical (unpaired) electrons. The molecule has 2 aromatic carbocycles. The Balaban J connectivity index is 1.18. The van der Waals surface area contributed by atoms with Gasteiger partial charge in [-0.05, 0) is 43.9 Å². The van der Waals surface area contributed by atoms with E-state index >= 15 is 0 Å². The molecule has 1 saturated carbocycles. The number of rotatable bonds is 4. The number of benzene rings is 2. The third kappa shape index (κ3) is 3.56. The Morgan fingerprint density at radius 2 is 1.74 bits per heavy atom. The average molecular weight is 474 g/mol. The number of likely N-dealkylation sites (tertiary alicyclic amines) is 1. The summed E-state index contributed by atoms with van der Waals surface area (Å²) in [5.74, 6) is 0.0508. The number of aliphatic hydroxyl groups is 1. The molecule has 1 N–H and O–H groups in total. The molecule has 2 fully saturated rings. The summed E-state index contributed by atoms with van der Waals surface area (Å²) in [5, 5.41) is 10.9. The molecule has 0 bridgehead atoms. The van der Waals surface area contributed by atoms with Crippen molar-refractivity contribution in [1.29, 1.82) is 0 Å². The number of fused-ring (bicyclic) bond motifs is 6. The van der Waals surface area contributed by atoms with E-state index in [2.05, 4.69) is 0 Å². The van der Waals surface area contributed by atoms with Gasteiger partial charge in [0.1, 0.15) is 6.17 Å². The van der Waals surface area contributed by atoms with Crippen LogP contribution in [0.3, 0.4) is 0 Å². The molecule has 1 saturated heterocycles. The van der Waals surface area contributed by atoms with Gasteiger partial charge in [0, 0.05) is 43.1 Å². The van der Waals surface area contributed by atoms with Crippen LogP contribution in [-0.4, -0.2) is 57.9 Å². The predicted octanol–water partition coefficient (Wildman–Crippen LogP) is 3.74. The number of amides is 3. The smallest absolute Gasteiger partial charge is 0.260 e.